The van der Waals surface area contributed by atoms with E-state index in [9.17, 15) is 14.7 Å². The van der Waals surface area contributed by atoms with E-state index in [2.05, 4.69) is 10.6 Å². The van der Waals surface area contributed by atoms with Gasteiger partial charge in [0.2, 0.25) is 5.91 Å². The van der Waals surface area contributed by atoms with Crippen LogP contribution in [0.3, 0.4) is 0 Å². The van der Waals surface area contributed by atoms with Crippen LogP contribution in [0, 0.1) is 0 Å². The average molecular weight is 397 g/mol. The van der Waals surface area contributed by atoms with Gasteiger partial charge in [-0.05, 0) is 45.2 Å². The first kappa shape index (κ1) is 21.0. The van der Waals surface area contributed by atoms with Gasteiger partial charge in [-0.2, -0.15) is 0 Å². The van der Waals surface area contributed by atoms with Gasteiger partial charge in [0.1, 0.15) is 5.75 Å². The molecule has 1 aliphatic heterocycles. The molecule has 26 heavy (non-hydrogen) atoms. The van der Waals surface area contributed by atoms with E-state index in [0.717, 1.165) is 18.1 Å². The van der Waals surface area contributed by atoms with E-state index in [1.54, 1.807) is 18.2 Å². The summed E-state index contributed by atoms with van der Waals surface area (Å²) in [4.78, 5) is 24.3. The zero-order valence-electron chi connectivity index (χ0n) is 15.4. The lowest BCUT2D eigenvalue weighted by Crippen LogP contribution is -2.51. The molecule has 0 saturated carbocycles. The number of unbranched alkanes of at least 4 members (excludes halogenated alkanes) is 1. The Balaban J connectivity index is 1.67. The largest absolute Gasteiger partial charge is 0.507 e. The monoisotopic (exact) mass is 396 g/mol. The van der Waals surface area contributed by atoms with Gasteiger partial charge in [0.25, 0.3) is 5.91 Å². The van der Waals surface area contributed by atoms with Crippen molar-refractivity contribution in [3.05, 3.63) is 29.8 Å². The molecule has 1 aliphatic rings. The van der Waals surface area contributed by atoms with E-state index in [1.165, 1.54) is 24.7 Å². The van der Waals surface area contributed by atoms with Gasteiger partial charge in [-0.25, -0.2) is 0 Å². The molecule has 1 aromatic rings. The zero-order chi connectivity index (χ0) is 19.0. The first-order valence-electron chi connectivity index (χ1n) is 9.03. The number of phenols is 1. The van der Waals surface area contributed by atoms with Gasteiger partial charge in [-0.15, -0.1) is 0 Å². The van der Waals surface area contributed by atoms with E-state index in [4.69, 9.17) is 0 Å². The third-order valence-corrected chi connectivity index (χ3v) is 7.24. The minimum atomic E-state index is -0.604. The van der Waals surface area contributed by atoms with Crippen LogP contribution in [-0.4, -0.2) is 40.0 Å². The Morgan fingerprint density at radius 3 is 2.73 bits per heavy atom. The second-order valence-electron chi connectivity index (χ2n) is 7.21. The van der Waals surface area contributed by atoms with Crippen LogP contribution >= 0.6 is 21.6 Å². The third kappa shape index (κ3) is 7.11. The van der Waals surface area contributed by atoms with Crippen molar-refractivity contribution in [2.45, 2.75) is 56.7 Å². The number of rotatable bonds is 9. The maximum atomic E-state index is 12.3. The molecule has 1 fully saturated rings. The van der Waals surface area contributed by atoms with E-state index in [-0.39, 0.29) is 23.1 Å². The second kappa shape index (κ2) is 10.1. The maximum Gasteiger partial charge on any atom is 0.255 e. The molecule has 0 aliphatic carbocycles. The highest BCUT2D eigenvalue weighted by Gasteiger charge is 2.23. The van der Waals surface area contributed by atoms with Gasteiger partial charge in [0.05, 0.1) is 11.1 Å². The number of benzene rings is 1. The summed E-state index contributed by atoms with van der Waals surface area (Å²) in [7, 11) is 3.93. The summed E-state index contributed by atoms with van der Waals surface area (Å²) in [5.41, 5.74) is -0.373. The van der Waals surface area contributed by atoms with Crippen molar-refractivity contribution in [3.63, 3.8) is 0 Å². The van der Waals surface area contributed by atoms with Crippen molar-refractivity contribution in [3.8, 4) is 5.75 Å². The number of carbonyl (C=O) groups excluding carboxylic acids is 2. The molecule has 2 rings (SSSR count). The van der Waals surface area contributed by atoms with Gasteiger partial charge in [0, 0.05) is 24.0 Å². The molecule has 0 spiro atoms. The Morgan fingerprint density at radius 1 is 1.27 bits per heavy atom. The summed E-state index contributed by atoms with van der Waals surface area (Å²) < 4.78 is 0. The van der Waals surface area contributed by atoms with Crippen molar-refractivity contribution >= 4 is 33.4 Å². The highest BCUT2D eigenvalue weighted by molar-refractivity contribution is 8.77. The molecule has 1 heterocycles. The van der Waals surface area contributed by atoms with E-state index >= 15 is 0 Å². The van der Waals surface area contributed by atoms with Crippen molar-refractivity contribution < 1.29 is 14.7 Å². The number of nitrogens with one attached hydrogen (secondary N) is 2. The zero-order valence-corrected chi connectivity index (χ0v) is 17.0. The van der Waals surface area contributed by atoms with Crippen LogP contribution in [-0.2, 0) is 4.79 Å². The molecular formula is C19H28N2O3S2. The predicted molar refractivity (Wildman–Crippen MR) is 110 cm³/mol. The van der Waals surface area contributed by atoms with Crippen LogP contribution < -0.4 is 10.6 Å². The van der Waals surface area contributed by atoms with Gasteiger partial charge >= 0.3 is 0 Å². The molecule has 1 atom stereocenters. The summed E-state index contributed by atoms with van der Waals surface area (Å²) in [6.45, 7) is 4.04. The number of hydrogen-bond donors (Lipinski definition) is 3. The highest BCUT2D eigenvalue weighted by atomic mass is 33.1. The average Bonchev–Trinajstić information content (AvgIpc) is 3.10. The number of phenolic OH excluding ortho intramolecular Hbond substituents is 1. The minimum absolute atomic E-state index is 0.0170. The van der Waals surface area contributed by atoms with Crippen molar-refractivity contribution in [1.82, 2.24) is 10.6 Å². The predicted octanol–water partition coefficient (Wildman–Crippen LogP) is 3.73. The van der Waals surface area contributed by atoms with E-state index in [0.29, 0.717) is 13.0 Å². The van der Waals surface area contributed by atoms with Crippen molar-refractivity contribution in [2.75, 3.05) is 12.3 Å². The van der Waals surface area contributed by atoms with Crippen LogP contribution in [0.4, 0.5) is 0 Å². The lowest BCUT2D eigenvalue weighted by atomic mass is 10.0. The maximum absolute atomic E-state index is 12.3. The van der Waals surface area contributed by atoms with Crippen LogP contribution in [0.5, 0.6) is 5.75 Å². The standard InChI is InChI=1S/C19H28N2O3S2/c1-19(2,21-18(24)15-8-4-5-9-16(15)22)13-20-17(23)10-6-3-7-14-11-12-25-26-14/h4-5,8-9,14,22H,3,6-7,10-13H2,1-2H3,(H,20,23)(H,21,24). The molecular weight excluding hydrogens is 368 g/mol. The van der Waals surface area contributed by atoms with Gasteiger partial charge in [0.15, 0.2) is 0 Å². The fourth-order valence-electron chi connectivity index (χ4n) is 2.71. The molecule has 0 radical (unpaired) electrons. The fourth-order valence-corrected chi connectivity index (χ4v) is 5.74. The van der Waals surface area contributed by atoms with Gasteiger partial charge in [-0.3, -0.25) is 9.59 Å². The lowest BCUT2D eigenvalue weighted by molar-refractivity contribution is -0.121. The molecule has 1 saturated heterocycles. The van der Waals surface area contributed by atoms with Crippen LogP contribution in [0.15, 0.2) is 24.3 Å². The highest BCUT2D eigenvalue weighted by Crippen LogP contribution is 2.39. The molecule has 1 aromatic carbocycles. The first-order chi connectivity index (χ1) is 12.4. The van der Waals surface area contributed by atoms with Gasteiger partial charge in [-0.1, -0.05) is 40.1 Å². The smallest absolute Gasteiger partial charge is 0.255 e. The lowest BCUT2D eigenvalue weighted by Gasteiger charge is -2.27. The number of aromatic hydroxyl groups is 1. The molecule has 2 amide bonds. The minimum Gasteiger partial charge on any atom is -0.507 e. The number of para-hydroxylation sites is 1. The topological polar surface area (TPSA) is 78.4 Å². The SMILES string of the molecule is CC(C)(CNC(=O)CCCCC1CCSS1)NC(=O)c1ccccc1O. The molecule has 0 aromatic heterocycles. The summed E-state index contributed by atoms with van der Waals surface area (Å²) in [5.74, 6) is 0.860. The van der Waals surface area contributed by atoms with Gasteiger partial charge < -0.3 is 15.7 Å². The molecule has 5 nitrogen and oxygen atoms in total. The van der Waals surface area contributed by atoms with E-state index in [1.807, 2.05) is 35.4 Å². The summed E-state index contributed by atoms with van der Waals surface area (Å²) in [5, 5.41) is 16.3. The summed E-state index contributed by atoms with van der Waals surface area (Å²) in [6, 6.07) is 6.42. The number of hydrogen-bond acceptors (Lipinski definition) is 5. The Bertz CT molecular complexity index is 617. The fraction of sp³-hybridized carbons (Fsp3) is 0.579. The number of carbonyl (C=O) groups is 2. The van der Waals surface area contributed by atoms with Crippen molar-refractivity contribution in [1.29, 1.82) is 0 Å². The first-order valence-corrected chi connectivity index (χ1v) is 11.4. The van der Waals surface area contributed by atoms with Crippen molar-refractivity contribution in [2.24, 2.45) is 0 Å². The molecule has 0 bridgehead atoms. The molecule has 7 heteroatoms. The Kier molecular flexibility index (Phi) is 8.15. The molecule has 1 unspecified atom stereocenters. The number of amides is 2. The Hall–Kier alpha value is -1.34. The van der Waals surface area contributed by atoms with Crippen LogP contribution in [0.25, 0.3) is 0 Å². The Morgan fingerprint density at radius 2 is 2.04 bits per heavy atom. The van der Waals surface area contributed by atoms with E-state index < -0.39 is 5.54 Å². The second-order valence-corrected chi connectivity index (χ2v) is 9.99. The summed E-state index contributed by atoms with van der Waals surface area (Å²) >= 11 is 0. The normalized spacial score (nSPS) is 17.1. The van der Waals surface area contributed by atoms with Crippen LogP contribution in [0.2, 0.25) is 0 Å². The quantitative estimate of drug-likeness (QED) is 0.438. The third-order valence-electron chi connectivity index (χ3n) is 4.24. The Labute approximate surface area is 163 Å². The molecule has 144 valence electrons. The van der Waals surface area contributed by atoms with Crippen LogP contribution in [0.1, 0.15) is 56.3 Å². The summed E-state index contributed by atoms with van der Waals surface area (Å²) in [6.07, 6.45) is 4.98. The molecule has 3 N–H and O–H groups in total.